The van der Waals surface area contributed by atoms with Gasteiger partial charge in [0.1, 0.15) is 4.58 Å². The summed E-state index contributed by atoms with van der Waals surface area (Å²) in [4.78, 5) is 0. The lowest BCUT2D eigenvalue weighted by atomic mass is 10.1. The van der Waals surface area contributed by atoms with Crippen molar-refractivity contribution in [2.24, 2.45) is 4.40 Å². The van der Waals surface area contributed by atoms with Crippen molar-refractivity contribution in [3.05, 3.63) is 63.6 Å². The molecule has 1 atom stereocenters. The highest BCUT2D eigenvalue weighted by atomic mass is 35.5. The minimum Gasteiger partial charge on any atom is -0.334 e. The molecule has 0 saturated heterocycles. The molecule has 0 amide bonds. The van der Waals surface area contributed by atoms with Crippen molar-refractivity contribution in [3.63, 3.8) is 0 Å². The second-order valence-electron chi connectivity index (χ2n) is 5.61. The van der Waals surface area contributed by atoms with Gasteiger partial charge in [0.15, 0.2) is 5.17 Å². The van der Waals surface area contributed by atoms with Crippen molar-refractivity contribution in [2.45, 2.75) is 17.2 Å². The zero-order valence-electron chi connectivity index (χ0n) is 13.3. The Kier molecular flexibility index (Phi) is 5.67. The van der Waals surface area contributed by atoms with Crippen LogP contribution in [-0.2, 0) is 22.6 Å². The molecule has 0 bridgehead atoms. The lowest BCUT2D eigenvalue weighted by molar-refractivity contribution is -0.137. The first-order valence-corrected chi connectivity index (χ1v) is 10.6. The van der Waals surface area contributed by atoms with Crippen LogP contribution < -0.4 is 5.32 Å². The van der Waals surface area contributed by atoms with Crippen LogP contribution in [0.5, 0.6) is 0 Å². The molecule has 4 nitrogen and oxygen atoms in total. The summed E-state index contributed by atoms with van der Waals surface area (Å²) in [5.74, 6) is 0. The number of nitrogens with one attached hydrogen (secondary N) is 1. The van der Waals surface area contributed by atoms with E-state index < -0.39 is 26.3 Å². The molecule has 0 unspecified atom stereocenters. The van der Waals surface area contributed by atoms with E-state index >= 15 is 0 Å². The summed E-state index contributed by atoms with van der Waals surface area (Å²) in [5, 5.41) is 3.57. The molecule has 0 fully saturated rings. The maximum atomic E-state index is 12.8. The minimum absolute atomic E-state index is 0.104. The van der Waals surface area contributed by atoms with Crippen LogP contribution in [-0.4, -0.2) is 18.2 Å². The quantitative estimate of drug-likeness (QED) is 0.671. The Balaban J connectivity index is 1.75. The van der Waals surface area contributed by atoms with Crippen molar-refractivity contribution in [1.82, 2.24) is 0 Å². The number of halogens is 5. The zero-order chi connectivity index (χ0) is 19.8. The number of thioether (sulfide) groups is 1. The van der Waals surface area contributed by atoms with Crippen LogP contribution in [0.15, 0.2) is 46.9 Å². The van der Waals surface area contributed by atoms with Crippen LogP contribution in [0.3, 0.4) is 0 Å². The fourth-order valence-electron chi connectivity index (χ4n) is 2.34. The number of amidine groups is 1. The molecular formula is C16H11Cl2F3N2O2S2. The van der Waals surface area contributed by atoms with Gasteiger partial charge in [-0.1, -0.05) is 53.2 Å². The van der Waals surface area contributed by atoms with E-state index in [9.17, 15) is 21.6 Å². The van der Waals surface area contributed by atoms with E-state index in [2.05, 4.69) is 9.71 Å². The third-order valence-corrected chi connectivity index (χ3v) is 7.60. The lowest BCUT2D eigenvalue weighted by Gasteiger charge is -2.11. The molecule has 1 aliphatic heterocycles. The molecule has 1 aliphatic rings. The molecule has 0 spiro atoms. The van der Waals surface area contributed by atoms with Crippen molar-refractivity contribution >= 4 is 55.8 Å². The standard InChI is InChI=1S/C16H11Cl2F3N2O2S2/c17-12-5-4-11(8-13(12)18)22-15-23-27(24,25)14(26-15)7-9-2-1-3-10(6-9)16(19,20)21/h1-6,8,14H,7H2,(H,22,23)/t14-/m1/s1. The Hall–Kier alpha value is -1.42. The highest BCUT2D eigenvalue weighted by Gasteiger charge is 2.36. The van der Waals surface area contributed by atoms with Gasteiger partial charge in [-0.15, -0.1) is 4.40 Å². The van der Waals surface area contributed by atoms with Gasteiger partial charge in [0, 0.05) is 12.1 Å². The highest BCUT2D eigenvalue weighted by Crippen LogP contribution is 2.35. The maximum absolute atomic E-state index is 12.8. The molecule has 11 heteroatoms. The Morgan fingerprint density at radius 2 is 1.85 bits per heavy atom. The monoisotopic (exact) mass is 454 g/mol. The van der Waals surface area contributed by atoms with Gasteiger partial charge in [0.25, 0.3) is 10.0 Å². The summed E-state index contributed by atoms with van der Waals surface area (Å²) in [6.45, 7) is 0. The van der Waals surface area contributed by atoms with Crippen molar-refractivity contribution in [3.8, 4) is 0 Å². The minimum atomic E-state index is -4.49. The largest absolute Gasteiger partial charge is 0.416 e. The number of alkyl halides is 3. The van der Waals surface area contributed by atoms with Gasteiger partial charge in [-0.3, -0.25) is 0 Å². The van der Waals surface area contributed by atoms with Gasteiger partial charge in [-0.05, 0) is 29.8 Å². The van der Waals surface area contributed by atoms with Crippen LogP contribution in [0.1, 0.15) is 11.1 Å². The van der Waals surface area contributed by atoms with Crippen molar-refractivity contribution in [1.29, 1.82) is 0 Å². The van der Waals surface area contributed by atoms with E-state index in [-0.39, 0.29) is 22.2 Å². The van der Waals surface area contributed by atoms with Crippen LogP contribution in [0, 0.1) is 0 Å². The lowest BCUT2D eigenvalue weighted by Crippen LogP contribution is -2.15. The summed E-state index contributed by atoms with van der Waals surface area (Å²) < 4.78 is 65.6. The summed E-state index contributed by atoms with van der Waals surface area (Å²) in [5.41, 5.74) is -0.0714. The van der Waals surface area contributed by atoms with E-state index in [1.165, 1.54) is 18.2 Å². The first-order chi connectivity index (χ1) is 12.5. The number of anilines is 1. The Bertz CT molecular complexity index is 1010. The Morgan fingerprint density at radius 1 is 1.11 bits per heavy atom. The van der Waals surface area contributed by atoms with Gasteiger partial charge in [-0.2, -0.15) is 13.2 Å². The third kappa shape index (κ3) is 4.90. The average Bonchev–Trinajstić information content (AvgIpc) is 2.84. The first kappa shape index (κ1) is 20.3. The van der Waals surface area contributed by atoms with Crippen LogP contribution in [0.25, 0.3) is 0 Å². The van der Waals surface area contributed by atoms with Gasteiger partial charge >= 0.3 is 6.18 Å². The smallest absolute Gasteiger partial charge is 0.334 e. The molecule has 2 aromatic rings. The van der Waals surface area contributed by atoms with Gasteiger partial charge in [-0.25, -0.2) is 8.42 Å². The van der Waals surface area contributed by atoms with Gasteiger partial charge < -0.3 is 5.32 Å². The fraction of sp³-hybridized carbons (Fsp3) is 0.188. The molecular weight excluding hydrogens is 444 g/mol. The van der Waals surface area contributed by atoms with Crippen LogP contribution >= 0.6 is 35.0 Å². The predicted molar refractivity (Wildman–Crippen MR) is 103 cm³/mol. The molecule has 0 saturated carbocycles. The molecule has 2 aromatic carbocycles. The normalized spacial score (nSPS) is 19.0. The van der Waals surface area contributed by atoms with Crippen LogP contribution in [0.4, 0.5) is 18.9 Å². The topological polar surface area (TPSA) is 58.5 Å². The second-order valence-corrected chi connectivity index (χ2v) is 9.70. The number of benzene rings is 2. The van der Waals surface area contributed by atoms with E-state index in [1.807, 2.05) is 0 Å². The number of sulfonamides is 1. The average molecular weight is 455 g/mol. The first-order valence-electron chi connectivity index (χ1n) is 7.43. The van der Waals surface area contributed by atoms with Gasteiger partial charge in [0.2, 0.25) is 0 Å². The Morgan fingerprint density at radius 3 is 2.52 bits per heavy atom. The third-order valence-electron chi connectivity index (χ3n) is 3.61. The summed E-state index contributed by atoms with van der Waals surface area (Å²) in [6, 6.07) is 9.24. The van der Waals surface area contributed by atoms with Crippen molar-refractivity contribution in [2.75, 3.05) is 5.32 Å². The second kappa shape index (κ2) is 7.54. The molecule has 0 radical (unpaired) electrons. The SMILES string of the molecule is O=S1(=O)N=C(Nc2ccc(Cl)c(Cl)c2)S[C@H]1Cc1cccc(C(F)(F)F)c1. The number of rotatable bonds is 3. The number of nitrogens with zero attached hydrogens (tertiary/aromatic N) is 1. The summed E-state index contributed by atoms with van der Waals surface area (Å²) in [7, 11) is -3.87. The summed E-state index contributed by atoms with van der Waals surface area (Å²) >= 11 is 12.7. The van der Waals surface area contributed by atoms with E-state index in [0.717, 1.165) is 23.9 Å². The maximum Gasteiger partial charge on any atom is 0.416 e. The van der Waals surface area contributed by atoms with E-state index in [4.69, 9.17) is 23.2 Å². The predicted octanol–water partition coefficient (Wildman–Crippen LogP) is 5.43. The number of hydrogen-bond acceptors (Lipinski definition) is 4. The van der Waals surface area contributed by atoms with Crippen LogP contribution in [0.2, 0.25) is 10.0 Å². The molecule has 1 heterocycles. The molecule has 3 rings (SSSR count). The molecule has 0 aromatic heterocycles. The molecule has 1 N–H and O–H groups in total. The van der Waals surface area contributed by atoms with Gasteiger partial charge in [0.05, 0.1) is 15.6 Å². The fourth-order valence-corrected chi connectivity index (χ4v) is 5.51. The molecule has 27 heavy (non-hydrogen) atoms. The molecule has 144 valence electrons. The zero-order valence-corrected chi connectivity index (χ0v) is 16.4. The highest BCUT2D eigenvalue weighted by molar-refractivity contribution is 8.25. The van der Waals surface area contributed by atoms with E-state index in [1.54, 1.807) is 12.1 Å². The number of hydrogen-bond donors (Lipinski definition) is 1. The van der Waals surface area contributed by atoms with E-state index in [0.29, 0.717) is 10.7 Å². The molecule has 0 aliphatic carbocycles. The van der Waals surface area contributed by atoms with Crippen molar-refractivity contribution < 1.29 is 21.6 Å². The Labute approximate surface area is 167 Å². The summed E-state index contributed by atoms with van der Waals surface area (Å²) in [6.07, 6.45) is -4.60.